The summed E-state index contributed by atoms with van der Waals surface area (Å²) in [7, 11) is 0. The Hall–Kier alpha value is 2.46. The van der Waals surface area contributed by atoms with E-state index in [2.05, 4.69) is 0 Å². The fourth-order valence-corrected chi connectivity index (χ4v) is 0. The van der Waals surface area contributed by atoms with Crippen molar-refractivity contribution >= 4 is 101 Å². The molecule has 0 aliphatic rings. The van der Waals surface area contributed by atoms with E-state index < -0.39 is 6.73 Å². The Morgan fingerprint density at radius 3 is 0.667 bits per heavy atom. The SMILES string of the molecule is Cl.Cl.Cl.Cl.Cl[SiH](Cl)Cl.[SiH4]. The third-order valence-corrected chi connectivity index (χ3v) is 0. The lowest BCUT2D eigenvalue weighted by atomic mass is 27.7. The highest BCUT2D eigenvalue weighted by molar-refractivity contribution is 7.54. The highest BCUT2D eigenvalue weighted by atomic mass is 35.8. The molecule has 0 aromatic rings. The van der Waals surface area contributed by atoms with Crippen molar-refractivity contribution in [1.82, 2.24) is 0 Å². The van der Waals surface area contributed by atoms with Gasteiger partial charge in [0.05, 0.1) is 0 Å². The molecule has 0 atom stereocenters. The van der Waals surface area contributed by atoms with Crippen molar-refractivity contribution in [3.05, 3.63) is 0 Å². The van der Waals surface area contributed by atoms with Crippen LogP contribution < -0.4 is 0 Å². The fourth-order valence-electron chi connectivity index (χ4n) is 0. The maximum atomic E-state index is 4.94. The van der Waals surface area contributed by atoms with Crippen molar-refractivity contribution in [1.29, 1.82) is 0 Å². The van der Waals surface area contributed by atoms with E-state index in [1.54, 1.807) is 0 Å². The monoisotopic (exact) mass is 310 g/mol. The predicted octanol–water partition coefficient (Wildman–Crippen LogP) is 1.66. The standard InChI is InChI=1S/Cl3HSi.4ClH.H4Si/c1-4(2)3;;;;;/h4H;4*1H;1H4. The quantitative estimate of drug-likeness (QED) is 0.471. The summed E-state index contributed by atoms with van der Waals surface area (Å²) in [6.07, 6.45) is 0. The zero-order valence-electron chi connectivity index (χ0n) is 3.34. The Morgan fingerprint density at radius 1 is 0.667 bits per heavy atom. The molecule has 0 saturated carbocycles. The minimum Gasteiger partial charge on any atom is -0.147 e. The number of hydrogen-bond donors (Lipinski definition) is 0. The topological polar surface area (TPSA) is 0 Å². The van der Waals surface area contributed by atoms with Gasteiger partial charge in [0.25, 0.3) is 0 Å². The van der Waals surface area contributed by atoms with Crippen molar-refractivity contribution in [3.63, 3.8) is 0 Å². The summed E-state index contributed by atoms with van der Waals surface area (Å²) in [5.74, 6) is 0. The molecule has 0 saturated heterocycles. The summed E-state index contributed by atoms with van der Waals surface area (Å²) >= 11 is 14.8. The fraction of sp³-hybridized carbons (Fsp3) is 0. The van der Waals surface area contributed by atoms with Crippen LogP contribution in [0.1, 0.15) is 0 Å². The second-order valence-electron chi connectivity index (χ2n) is 0.247. The van der Waals surface area contributed by atoms with Crippen LogP contribution in [0, 0.1) is 0 Å². The maximum absolute atomic E-state index is 4.94. The van der Waals surface area contributed by atoms with Gasteiger partial charge >= 0.3 is 6.73 Å². The minimum atomic E-state index is -1.72. The molecular weight excluding hydrogens is 304 g/mol. The first kappa shape index (κ1) is 42.0. The molecule has 0 aromatic heterocycles. The average molecular weight is 313 g/mol. The van der Waals surface area contributed by atoms with Crippen LogP contribution in [0.3, 0.4) is 0 Å². The maximum Gasteiger partial charge on any atom is 0.326 e. The van der Waals surface area contributed by atoms with Crippen LogP contribution in [0.4, 0.5) is 0 Å². The molecule has 0 fully saturated rings. The molecule has 66 valence electrons. The molecule has 0 aliphatic carbocycles. The van der Waals surface area contributed by atoms with Gasteiger partial charge in [0, 0.05) is 0 Å². The Balaban J connectivity index is -0.00000000450. The molecule has 0 heterocycles. The lowest BCUT2D eigenvalue weighted by Crippen LogP contribution is -1.66. The molecule has 9 heavy (non-hydrogen) atoms. The summed E-state index contributed by atoms with van der Waals surface area (Å²) in [4.78, 5) is 0. The van der Waals surface area contributed by atoms with Gasteiger partial charge in [-0.25, -0.2) is 0 Å². The van der Waals surface area contributed by atoms with Crippen molar-refractivity contribution in [2.24, 2.45) is 0 Å². The Morgan fingerprint density at radius 2 is 0.667 bits per heavy atom. The molecule has 9 heteroatoms. The predicted molar refractivity (Wildman–Crippen MR) is 65.0 cm³/mol. The second-order valence-corrected chi connectivity index (χ2v) is 6.68. The zero-order chi connectivity index (χ0) is 3.58. The lowest BCUT2D eigenvalue weighted by molar-refractivity contribution is 4.07. The third-order valence-electron chi connectivity index (χ3n) is 0. The highest BCUT2D eigenvalue weighted by Crippen LogP contribution is 1.97. The van der Waals surface area contributed by atoms with Crippen LogP contribution in [0.15, 0.2) is 0 Å². The number of hydrogen-bond acceptors (Lipinski definition) is 0. The summed E-state index contributed by atoms with van der Waals surface area (Å²) < 4.78 is 0. The number of rotatable bonds is 0. The molecule has 0 radical (unpaired) electrons. The van der Waals surface area contributed by atoms with E-state index in [4.69, 9.17) is 33.2 Å². The normalized spacial score (nSPS) is 4.00. The van der Waals surface area contributed by atoms with Crippen molar-refractivity contribution in [2.75, 3.05) is 0 Å². The molecule has 0 N–H and O–H groups in total. The molecule has 0 amide bonds. The van der Waals surface area contributed by atoms with E-state index in [1.807, 2.05) is 0 Å². The van der Waals surface area contributed by atoms with Crippen LogP contribution in [0.25, 0.3) is 0 Å². The van der Waals surface area contributed by atoms with Gasteiger partial charge in [0.1, 0.15) is 0 Å². The van der Waals surface area contributed by atoms with Gasteiger partial charge in [0.15, 0.2) is 0 Å². The first-order valence-corrected chi connectivity index (χ1v) is 5.89. The summed E-state index contributed by atoms with van der Waals surface area (Å²) in [6, 6.07) is 0. The number of halogens is 7. The summed E-state index contributed by atoms with van der Waals surface area (Å²) in [5, 5.41) is 0. The van der Waals surface area contributed by atoms with E-state index in [9.17, 15) is 0 Å². The van der Waals surface area contributed by atoms with E-state index in [1.165, 1.54) is 0 Å². The van der Waals surface area contributed by atoms with Crippen molar-refractivity contribution < 1.29 is 0 Å². The first-order valence-electron chi connectivity index (χ1n) is 0.655. The van der Waals surface area contributed by atoms with Crippen LogP contribution >= 0.6 is 82.9 Å². The van der Waals surface area contributed by atoms with Gasteiger partial charge in [-0.05, 0) is 11.0 Å². The molecule has 0 bridgehead atoms. The van der Waals surface area contributed by atoms with Gasteiger partial charge < -0.3 is 0 Å². The second kappa shape index (κ2) is 31.4. The van der Waals surface area contributed by atoms with Gasteiger partial charge in [0.2, 0.25) is 0 Å². The van der Waals surface area contributed by atoms with Crippen LogP contribution in [-0.2, 0) is 0 Å². The largest absolute Gasteiger partial charge is 0.326 e. The van der Waals surface area contributed by atoms with E-state index in [0.717, 1.165) is 0 Å². The summed E-state index contributed by atoms with van der Waals surface area (Å²) in [6.45, 7) is -1.72. The smallest absolute Gasteiger partial charge is 0.147 e. The van der Waals surface area contributed by atoms with Gasteiger partial charge in [-0.2, -0.15) is 0 Å². The van der Waals surface area contributed by atoms with E-state index in [-0.39, 0.29) is 60.6 Å². The molecule has 0 unspecified atom stereocenters. The van der Waals surface area contributed by atoms with E-state index >= 15 is 0 Å². The van der Waals surface area contributed by atoms with Gasteiger partial charge in [-0.1, -0.05) is 0 Å². The minimum absolute atomic E-state index is 0. The zero-order valence-corrected chi connectivity index (χ0v) is 10.0. The van der Waals surface area contributed by atoms with Crippen LogP contribution in [0.5, 0.6) is 0 Å². The van der Waals surface area contributed by atoms with Gasteiger partial charge in [-0.3, -0.25) is 0 Å². The van der Waals surface area contributed by atoms with Crippen LogP contribution in [0.2, 0.25) is 0 Å². The first-order chi connectivity index (χ1) is 1.73. The van der Waals surface area contributed by atoms with Crippen molar-refractivity contribution in [2.45, 2.75) is 0 Å². The van der Waals surface area contributed by atoms with Crippen molar-refractivity contribution in [3.8, 4) is 0 Å². The molecule has 0 aliphatic heterocycles. The molecule has 0 nitrogen and oxygen atoms in total. The van der Waals surface area contributed by atoms with Crippen LogP contribution in [-0.4, -0.2) is 17.7 Å². The molecule has 0 spiro atoms. The summed E-state index contributed by atoms with van der Waals surface area (Å²) in [5.41, 5.74) is 0. The molecular formula is H9Cl7Si2. The van der Waals surface area contributed by atoms with Gasteiger partial charge in [-0.15, -0.1) is 82.9 Å². The third kappa shape index (κ3) is 123. The van der Waals surface area contributed by atoms with E-state index in [0.29, 0.717) is 0 Å². The Bertz CT molecular complexity index is 11.6. The lowest BCUT2D eigenvalue weighted by Gasteiger charge is -1.65. The Labute approximate surface area is 99.8 Å². The average Bonchev–Trinajstić information content (AvgIpc) is 0.811. The highest BCUT2D eigenvalue weighted by Gasteiger charge is 1.85. The Kier molecular flexibility index (Phi) is 147. The molecule has 0 rings (SSSR count). The molecule has 0 aromatic carbocycles.